The van der Waals surface area contributed by atoms with Gasteiger partial charge in [0.05, 0.1) is 12.2 Å². The molecule has 2 rings (SSSR count). The first-order chi connectivity index (χ1) is 11.1. The van der Waals surface area contributed by atoms with Gasteiger partial charge in [-0.2, -0.15) is 11.3 Å². The molecule has 0 amide bonds. The van der Waals surface area contributed by atoms with Crippen LogP contribution in [0, 0.1) is 0 Å². The molecule has 0 spiro atoms. The lowest BCUT2D eigenvalue weighted by atomic mass is 10.1. The van der Waals surface area contributed by atoms with Crippen LogP contribution in [0.5, 0.6) is 0 Å². The summed E-state index contributed by atoms with van der Waals surface area (Å²) in [4.78, 5) is 11.2. The van der Waals surface area contributed by atoms with Gasteiger partial charge in [-0.15, -0.1) is 11.3 Å². The summed E-state index contributed by atoms with van der Waals surface area (Å²) in [6.45, 7) is 6.60. The molecule has 126 valence electrons. The highest BCUT2D eigenvalue weighted by molar-refractivity contribution is 7.13. The summed E-state index contributed by atoms with van der Waals surface area (Å²) in [5.74, 6) is 1.30. The average Bonchev–Trinajstić information content (AvgIpc) is 3.20. The van der Waals surface area contributed by atoms with Crippen molar-refractivity contribution in [3.63, 3.8) is 0 Å². The fourth-order valence-corrected chi connectivity index (χ4v) is 3.53. The number of guanidine groups is 1. The molecule has 1 atom stereocenters. The zero-order chi connectivity index (χ0) is 16.7. The van der Waals surface area contributed by atoms with Crippen LogP contribution in [0.4, 0.5) is 5.13 Å². The maximum Gasteiger partial charge on any atom is 0.191 e. The van der Waals surface area contributed by atoms with Crippen molar-refractivity contribution in [2.75, 3.05) is 32.1 Å². The van der Waals surface area contributed by atoms with Gasteiger partial charge in [0.2, 0.25) is 0 Å². The van der Waals surface area contributed by atoms with Gasteiger partial charge in [0.1, 0.15) is 0 Å². The number of thiazole rings is 1. The van der Waals surface area contributed by atoms with Crippen LogP contribution in [0.3, 0.4) is 0 Å². The van der Waals surface area contributed by atoms with Crippen LogP contribution in [0.2, 0.25) is 0 Å². The van der Waals surface area contributed by atoms with Gasteiger partial charge in [-0.25, -0.2) is 9.98 Å². The number of rotatable bonds is 7. The van der Waals surface area contributed by atoms with E-state index in [9.17, 15) is 0 Å². The van der Waals surface area contributed by atoms with Crippen LogP contribution < -0.4 is 15.5 Å². The lowest BCUT2D eigenvalue weighted by molar-refractivity contribution is 0.701. The Morgan fingerprint density at radius 3 is 2.78 bits per heavy atom. The molecule has 0 aliphatic rings. The molecule has 0 aromatic carbocycles. The van der Waals surface area contributed by atoms with Gasteiger partial charge in [-0.1, -0.05) is 6.92 Å². The number of thiophene rings is 1. The molecule has 0 aliphatic carbocycles. The van der Waals surface area contributed by atoms with Gasteiger partial charge in [0.15, 0.2) is 11.1 Å². The minimum Gasteiger partial charge on any atom is -0.357 e. The number of aliphatic imine (C=N–C) groups is 1. The molecule has 0 fully saturated rings. The smallest absolute Gasteiger partial charge is 0.191 e. The van der Waals surface area contributed by atoms with Crippen LogP contribution in [0.25, 0.3) is 0 Å². The normalized spacial score (nSPS) is 13.0. The summed E-state index contributed by atoms with van der Waals surface area (Å²) in [7, 11) is 4.01. The lowest BCUT2D eigenvalue weighted by Crippen LogP contribution is -2.39. The molecule has 1 unspecified atom stereocenters. The largest absolute Gasteiger partial charge is 0.357 e. The third-order valence-electron chi connectivity index (χ3n) is 3.35. The highest BCUT2D eigenvalue weighted by atomic mass is 32.1. The molecule has 2 N–H and O–H groups in total. The van der Waals surface area contributed by atoms with E-state index in [2.05, 4.69) is 56.7 Å². The Bertz CT molecular complexity index is 604. The first-order valence-corrected chi connectivity index (χ1v) is 9.58. The lowest BCUT2D eigenvalue weighted by Gasteiger charge is -2.15. The molecular weight excluding hydrogens is 326 g/mol. The number of hydrogen-bond donors (Lipinski definition) is 2. The molecule has 0 saturated carbocycles. The van der Waals surface area contributed by atoms with E-state index in [-0.39, 0.29) is 0 Å². The number of anilines is 1. The van der Waals surface area contributed by atoms with Crippen molar-refractivity contribution < 1.29 is 0 Å². The standard InChI is InChI=1S/C16H25N5S2/c1-5-17-15(18-8-12(2)13-6-7-22-10-13)19-9-14-11-23-16(20-14)21(3)4/h6-7,10-12H,5,8-9H2,1-4H3,(H2,17,18,19). The molecular formula is C16H25N5S2. The predicted octanol–water partition coefficient (Wildman–Crippen LogP) is 3.13. The van der Waals surface area contributed by atoms with Crippen molar-refractivity contribution in [3.05, 3.63) is 33.5 Å². The first-order valence-electron chi connectivity index (χ1n) is 7.76. The Labute approximate surface area is 146 Å². The highest BCUT2D eigenvalue weighted by Gasteiger charge is 2.08. The second-order valence-corrected chi connectivity index (χ2v) is 7.17. The van der Waals surface area contributed by atoms with Gasteiger partial charge in [0, 0.05) is 32.6 Å². The summed E-state index contributed by atoms with van der Waals surface area (Å²) >= 11 is 3.38. The van der Waals surface area contributed by atoms with E-state index in [1.165, 1.54) is 5.56 Å². The summed E-state index contributed by atoms with van der Waals surface area (Å²) in [5.41, 5.74) is 2.37. The molecule has 2 heterocycles. The number of aromatic nitrogens is 1. The molecule has 0 saturated heterocycles. The van der Waals surface area contributed by atoms with E-state index in [0.29, 0.717) is 12.5 Å². The third kappa shape index (κ3) is 5.51. The Balaban J connectivity index is 1.91. The number of hydrogen-bond acceptors (Lipinski definition) is 5. The fourth-order valence-electron chi connectivity index (χ4n) is 2.00. The van der Waals surface area contributed by atoms with Crippen LogP contribution in [-0.4, -0.2) is 38.1 Å². The molecule has 0 radical (unpaired) electrons. The molecule has 7 heteroatoms. The van der Waals surface area contributed by atoms with Gasteiger partial charge < -0.3 is 15.5 Å². The second kappa shape index (κ2) is 8.88. The second-order valence-electron chi connectivity index (χ2n) is 5.55. The molecule has 0 aliphatic heterocycles. The SMILES string of the molecule is CCNC(=NCc1csc(N(C)C)n1)NCC(C)c1ccsc1. The quantitative estimate of drug-likeness (QED) is 0.594. The van der Waals surface area contributed by atoms with Gasteiger partial charge in [-0.3, -0.25) is 0 Å². The van der Waals surface area contributed by atoms with E-state index in [1.807, 2.05) is 19.0 Å². The minimum atomic E-state index is 0.463. The van der Waals surface area contributed by atoms with Crippen molar-refractivity contribution in [2.45, 2.75) is 26.3 Å². The van der Waals surface area contributed by atoms with Crippen molar-refractivity contribution in [1.82, 2.24) is 15.6 Å². The van der Waals surface area contributed by atoms with Crippen LogP contribution in [0.15, 0.2) is 27.2 Å². The van der Waals surface area contributed by atoms with Crippen LogP contribution in [0.1, 0.15) is 31.0 Å². The van der Waals surface area contributed by atoms with Crippen molar-refractivity contribution in [2.24, 2.45) is 4.99 Å². The Morgan fingerprint density at radius 1 is 1.35 bits per heavy atom. The van der Waals surface area contributed by atoms with Crippen molar-refractivity contribution in [3.8, 4) is 0 Å². The van der Waals surface area contributed by atoms with Gasteiger partial charge >= 0.3 is 0 Å². The summed E-state index contributed by atoms with van der Waals surface area (Å²) in [6.07, 6.45) is 0. The molecule has 2 aromatic heterocycles. The molecule has 23 heavy (non-hydrogen) atoms. The maximum atomic E-state index is 4.63. The van der Waals surface area contributed by atoms with Crippen LogP contribution >= 0.6 is 22.7 Å². The predicted molar refractivity (Wildman–Crippen MR) is 102 cm³/mol. The summed E-state index contributed by atoms with van der Waals surface area (Å²) < 4.78 is 0. The topological polar surface area (TPSA) is 52.6 Å². The van der Waals surface area contributed by atoms with E-state index >= 15 is 0 Å². The highest BCUT2D eigenvalue weighted by Crippen LogP contribution is 2.18. The van der Waals surface area contributed by atoms with Gasteiger partial charge in [-0.05, 0) is 35.2 Å². The Morgan fingerprint density at radius 2 is 2.17 bits per heavy atom. The Kier molecular flexibility index (Phi) is 6.85. The van der Waals surface area contributed by atoms with E-state index < -0.39 is 0 Å². The first kappa shape index (κ1) is 17.7. The summed E-state index contributed by atoms with van der Waals surface area (Å²) in [5, 5.41) is 14.1. The zero-order valence-corrected chi connectivity index (χ0v) is 15.8. The monoisotopic (exact) mass is 351 g/mol. The fraction of sp³-hybridized carbons (Fsp3) is 0.500. The van der Waals surface area contributed by atoms with E-state index in [4.69, 9.17) is 0 Å². The average molecular weight is 352 g/mol. The van der Waals surface area contributed by atoms with Crippen molar-refractivity contribution >= 4 is 33.8 Å². The molecule has 0 bridgehead atoms. The minimum absolute atomic E-state index is 0.463. The van der Waals surface area contributed by atoms with Gasteiger partial charge in [0.25, 0.3) is 0 Å². The molecule has 2 aromatic rings. The van der Waals surface area contributed by atoms with E-state index in [1.54, 1.807) is 22.7 Å². The number of nitrogens with zero attached hydrogens (tertiary/aromatic N) is 3. The van der Waals surface area contributed by atoms with Crippen molar-refractivity contribution in [1.29, 1.82) is 0 Å². The third-order valence-corrected chi connectivity index (χ3v) is 5.11. The zero-order valence-electron chi connectivity index (χ0n) is 14.2. The summed E-state index contributed by atoms with van der Waals surface area (Å²) in [6, 6.07) is 2.18. The number of nitrogens with one attached hydrogen (secondary N) is 2. The van der Waals surface area contributed by atoms with Crippen LogP contribution in [-0.2, 0) is 6.54 Å². The van der Waals surface area contributed by atoms with E-state index in [0.717, 1.165) is 29.9 Å². The molecule has 5 nitrogen and oxygen atoms in total. The Hall–Kier alpha value is -1.60. The maximum absolute atomic E-state index is 4.63.